The fourth-order valence-electron chi connectivity index (χ4n) is 4.69. The maximum absolute atomic E-state index is 13.4. The van der Waals surface area contributed by atoms with E-state index in [-0.39, 0.29) is 31.5 Å². The number of hydrogen-bond donors (Lipinski definition) is 0. The second-order valence-electron chi connectivity index (χ2n) is 9.17. The highest BCUT2D eigenvalue weighted by molar-refractivity contribution is 7.89. The molecule has 0 N–H and O–H groups in total. The van der Waals surface area contributed by atoms with Crippen LogP contribution in [0.2, 0.25) is 0 Å². The summed E-state index contributed by atoms with van der Waals surface area (Å²) >= 11 is 0. The van der Waals surface area contributed by atoms with E-state index in [2.05, 4.69) is 0 Å². The van der Waals surface area contributed by atoms with Crippen LogP contribution in [0.4, 0.5) is 0 Å². The summed E-state index contributed by atoms with van der Waals surface area (Å²) in [5.74, 6) is -0.912. The molecule has 0 atom stereocenters. The molecule has 7 nitrogen and oxygen atoms in total. The molecule has 2 aliphatic heterocycles. The molecule has 0 unspecified atom stereocenters. The number of hydrogen-bond acceptors (Lipinski definition) is 5. The van der Waals surface area contributed by atoms with Crippen LogP contribution in [-0.2, 0) is 24.3 Å². The van der Waals surface area contributed by atoms with Crippen LogP contribution in [0, 0.1) is 33.6 Å². The molecule has 2 heterocycles. The minimum atomic E-state index is -3.64. The van der Waals surface area contributed by atoms with Gasteiger partial charge in [0.25, 0.3) is 5.91 Å². The van der Waals surface area contributed by atoms with E-state index >= 15 is 0 Å². The molecule has 0 saturated carbocycles. The summed E-state index contributed by atoms with van der Waals surface area (Å²) in [6.07, 6.45) is 5.05. The van der Waals surface area contributed by atoms with Gasteiger partial charge in [-0.05, 0) is 75.6 Å². The Kier molecular flexibility index (Phi) is 7.98. The highest BCUT2D eigenvalue weighted by atomic mass is 32.2. The van der Waals surface area contributed by atoms with Gasteiger partial charge in [0.15, 0.2) is 6.61 Å². The van der Waals surface area contributed by atoms with E-state index in [0.29, 0.717) is 17.7 Å². The van der Waals surface area contributed by atoms with Gasteiger partial charge >= 0.3 is 5.97 Å². The summed E-state index contributed by atoms with van der Waals surface area (Å²) < 4.78 is 33.6. The smallest absolute Gasteiger partial charge is 0.309 e. The highest BCUT2D eigenvalue weighted by Crippen LogP contribution is 2.31. The van der Waals surface area contributed by atoms with Gasteiger partial charge in [0.1, 0.15) is 0 Å². The lowest BCUT2D eigenvalue weighted by Crippen LogP contribution is -2.42. The number of likely N-dealkylation sites (tertiary alicyclic amines) is 1. The van der Waals surface area contributed by atoms with Gasteiger partial charge in [-0.15, -0.1) is 0 Å². The Morgan fingerprint density at radius 3 is 1.97 bits per heavy atom. The van der Waals surface area contributed by atoms with Gasteiger partial charge in [0.2, 0.25) is 10.0 Å². The van der Waals surface area contributed by atoms with Crippen molar-refractivity contribution < 1.29 is 22.7 Å². The summed E-state index contributed by atoms with van der Waals surface area (Å²) in [7, 11) is -3.64. The third-order valence-electron chi connectivity index (χ3n) is 6.98. The molecule has 0 radical (unpaired) electrons. The lowest BCUT2D eigenvalue weighted by atomic mass is 9.98. The number of sulfonamides is 1. The normalized spacial score (nSPS) is 18.9. The van der Waals surface area contributed by atoms with Crippen molar-refractivity contribution in [3.63, 3.8) is 0 Å². The summed E-state index contributed by atoms with van der Waals surface area (Å²) in [6, 6.07) is 2.01. The van der Waals surface area contributed by atoms with Gasteiger partial charge in [-0.1, -0.05) is 18.9 Å². The molecule has 3 rings (SSSR count). The minimum absolute atomic E-state index is 0.138. The van der Waals surface area contributed by atoms with Crippen molar-refractivity contribution in [2.75, 3.05) is 32.8 Å². The van der Waals surface area contributed by atoms with Gasteiger partial charge in [0.05, 0.1) is 10.8 Å². The molecule has 8 heteroatoms. The zero-order chi connectivity index (χ0) is 23.5. The van der Waals surface area contributed by atoms with E-state index in [1.807, 2.05) is 33.8 Å². The number of amides is 1. The SMILES string of the molecule is Cc1cc(C)c(C)c(S(=O)(=O)N2CCC(C(=O)OCC(=O)N3CCCCCC3)CC2)c1C. The van der Waals surface area contributed by atoms with Crippen molar-refractivity contribution >= 4 is 21.9 Å². The van der Waals surface area contributed by atoms with E-state index in [9.17, 15) is 18.0 Å². The molecular formula is C24H36N2O5S. The number of carbonyl (C=O) groups is 2. The van der Waals surface area contributed by atoms with Crippen LogP contribution in [0.1, 0.15) is 60.8 Å². The molecular weight excluding hydrogens is 428 g/mol. The lowest BCUT2D eigenvalue weighted by Gasteiger charge is -2.31. The van der Waals surface area contributed by atoms with E-state index in [1.54, 1.807) is 4.90 Å². The van der Waals surface area contributed by atoms with Crippen LogP contribution in [-0.4, -0.2) is 62.3 Å². The second-order valence-corrected chi connectivity index (χ2v) is 11.0. The van der Waals surface area contributed by atoms with Crippen LogP contribution in [0.25, 0.3) is 0 Å². The molecule has 1 aromatic carbocycles. The van der Waals surface area contributed by atoms with Gasteiger partial charge in [0, 0.05) is 26.2 Å². The Morgan fingerprint density at radius 2 is 1.44 bits per heavy atom. The number of ether oxygens (including phenoxy) is 1. The number of carbonyl (C=O) groups excluding carboxylic acids is 2. The van der Waals surface area contributed by atoms with Crippen LogP contribution in [0.15, 0.2) is 11.0 Å². The predicted molar refractivity (Wildman–Crippen MR) is 123 cm³/mol. The molecule has 0 aliphatic carbocycles. The topological polar surface area (TPSA) is 84.0 Å². The van der Waals surface area contributed by atoms with Crippen molar-refractivity contribution in [3.8, 4) is 0 Å². The average molecular weight is 465 g/mol. The van der Waals surface area contributed by atoms with Gasteiger partial charge in [-0.2, -0.15) is 4.31 Å². The number of aryl methyl sites for hydroxylation is 2. The van der Waals surface area contributed by atoms with Crippen molar-refractivity contribution in [2.45, 2.75) is 71.1 Å². The number of piperidine rings is 1. The maximum Gasteiger partial charge on any atom is 0.309 e. The van der Waals surface area contributed by atoms with Crippen LogP contribution in [0.5, 0.6) is 0 Å². The average Bonchev–Trinajstić information content (AvgIpc) is 3.05. The van der Waals surface area contributed by atoms with Gasteiger partial charge in [-0.25, -0.2) is 8.42 Å². The Hall–Kier alpha value is -1.93. The van der Waals surface area contributed by atoms with E-state index in [1.165, 1.54) is 4.31 Å². The van der Waals surface area contributed by atoms with Gasteiger partial charge < -0.3 is 9.64 Å². The number of benzene rings is 1. The molecule has 2 fully saturated rings. The Labute approximate surface area is 192 Å². The van der Waals surface area contributed by atoms with Crippen molar-refractivity contribution in [1.29, 1.82) is 0 Å². The molecule has 2 aliphatic rings. The first-order valence-electron chi connectivity index (χ1n) is 11.6. The summed E-state index contributed by atoms with van der Waals surface area (Å²) in [6.45, 7) is 9.32. The number of esters is 1. The number of nitrogens with zero attached hydrogens (tertiary/aromatic N) is 2. The highest BCUT2D eigenvalue weighted by Gasteiger charge is 2.35. The number of rotatable bonds is 5. The first-order valence-corrected chi connectivity index (χ1v) is 13.1. The quantitative estimate of drug-likeness (QED) is 0.625. The first kappa shape index (κ1) is 24.7. The maximum atomic E-state index is 13.4. The monoisotopic (exact) mass is 464 g/mol. The van der Waals surface area contributed by atoms with E-state index in [4.69, 9.17) is 4.74 Å². The first-order chi connectivity index (χ1) is 15.1. The van der Waals surface area contributed by atoms with Crippen LogP contribution >= 0.6 is 0 Å². The Balaban J connectivity index is 1.58. The summed E-state index contributed by atoms with van der Waals surface area (Å²) in [5.41, 5.74) is 3.47. The molecule has 0 bridgehead atoms. The fraction of sp³-hybridized carbons (Fsp3) is 0.667. The largest absolute Gasteiger partial charge is 0.455 e. The fourth-order valence-corrected chi connectivity index (χ4v) is 6.74. The molecule has 32 heavy (non-hydrogen) atoms. The molecule has 1 aromatic rings. The second kappa shape index (κ2) is 10.3. The Morgan fingerprint density at radius 1 is 0.906 bits per heavy atom. The Bertz CT molecular complexity index is 931. The summed E-state index contributed by atoms with van der Waals surface area (Å²) in [5, 5.41) is 0. The van der Waals surface area contributed by atoms with E-state index in [0.717, 1.165) is 61.0 Å². The minimum Gasteiger partial charge on any atom is -0.455 e. The van der Waals surface area contributed by atoms with Crippen LogP contribution in [0.3, 0.4) is 0 Å². The lowest BCUT2D eigenvalue weighted by molar-refractivity contribution is -0.156. The third kappa shape index (κ3) is 5.34. The van der Waals surface area contributed by atoms with Crippen LogP contribution < -0.4 is 0 Å². The zero-order valence-corrected chi connectivity index (χ0v) is 20.6. The van der Waals surface area contributed by atoms with Crippen molar-refractivity contribution in [1.82, 2.24) is 9.21 Å². The molecule has 0 spiro atoms. The van der Waals surface area contributed by atoms with Gasteiger partial charge in [-0.3, -0.25) is 9.59 Å². The van der Waals surface area contributed by atoms with Crippen molar-refractivity contribution in [2.24, 2.45) is 5.92 Å². The standard InChI is InChI=1S/C24H36N2O5S/c1-17-15-18(2)20(4)23(19(17)3)32(29,30)26-13-9-21(10-14-26)24(28)31-16-22(27)25-11-7-5-6-8-12-25/h15,21H,5-14,16H2,1-4H3. The zero-order valence-electron chi connectivity index (χ0n) is 19.8. The molecule has 0 aromatic heterocycles. The molecule has 178 valence electrons. The summed E-state index contributed by atoms with van der Waals surface area (Å²) in [4.78, 5) is 27.0. The van der Waals surface area contributed by atoms with E-state index < -0.39 is 16.0 Å². The third-order valence-corrected chi connectivity index (χ3v) is 9.15. The van der Waals surface area contributed by atoms with Crippen molar-refractivity contribution in [3.05, 3.63) is 28.3 Å². The predicted octanol–water partition coefficient (Wildman–Crippen LogP) is 3.27. The molecule has 2 saturated heterocycles. The molecule has 1 amide bonds.